The van der Waals surface area contributed by atoms with Crippen molar-refractivity contribution in [1.29, 1.82) is 0 Å². The number of aliphatic carboxylic acids is 1. The highest BCUT2D eigenvalue weighted by Gasteiger charge is 2.21. The minimum atomic E-state index is -0.952. The molecule has 0 fully saturated rings. The number of unbranched alkanes of at least 4 members (excludes halogenated alkanes) is 1. The van der Waals surface area contributed by atoms with Gasteiger partial charge in [-0.3, -0.25) is 4.79 Å². The maximum absolute atomic E-state index is 11.1. The summed E-state index contributed by atoms with van der Waals surface area (Å²) in [7, 11) is 0. The molecule has 0 heterocycles. The lowest BCUT2D eigenvalue weighted by Gasteiger charge is -2.24. The molecule has 1 amide bonds. The third-order valence-electron chi connectivity index (χ3n) is 1.98. The molecular formula is C9H17NO3. The Morgan fingerprint density at radius 1 is 1.46 bits per heavy atom. The summed E-state index contributed by atoms with van der Waals surface area (Å²) in [4.78, 5) is 23.1. The molecule has 0 spiro atoms. The molecule has 0 aromatic carbocycles. The number of amides is 1. The molecule has 0 rings (SSSR count). The van der Waals surface area contributed by atoms with Crippen molar-refractivity contribution in [3.05, 3.63) is 0 Å². The second-order valence-corrected chi connectivity index (χ2v) is 3.08. The molecule has 0 aromatic heterocycles. The molecular weight excluding hydrogens is 170 g/mol. The number of carboxylic acid groups (broad SMARTS) is 1. The van der Waals surface area contributed by atoms with E-state index in [4.69, 9.17) is 5.11 Å². The number of carboxylic acids is 1. The molecule has 4 heteroatoms. The minimum absolute atomic E-state index is 0.177. The first-order chi connectivity index (χ1) is 6.00. The third kappa shape index (κ3) is 3.92. The molecule has 76 valence electrons. The standard InChI is InChI=1S/C9H17NO3/c1-4-5-6-10(8(3)11)7(2)9(12)13/h7H,4-6H2,1-3H3,(H,12,13)/t7-/m0/s1. The van der Waals surface area contributed by atoms with Crippen LogP contribution < -0.4 is 0 Å². The van der Waals surface area contributed by atoms with E-state index in [1.165, 1.54) is 18.7 Å². The van der Waals surface area contributed by atoms with Crippen molar-refractivity contribution in [2.24, 2.45) is 0 Å². The van der Waals surface area contributed by atoms with Crippen LogP contribution >= 0.6 is 0 Å². The molecule has 0 aliphatic carbocycles. The van der Waals surface area contributed by atoms with E-state index >= 15 is 0 Å². The fraction of sp³-hybridized carbons (Fsp3) is 0.778. The molecule has 0 aliphatic heterocycles. The fourth-order valence-corrected chi connectivity index (χ4v) is 1.09. The van der Waals surface area contributed by atoms with Crippen molar-refractivity contribution < 1.29 is 14.7 Å². The van der Waals surface area contributed by atoms with Crippen LogP contribution in [0.25, 0.3) is 0 Å². The van der Waals surface area contributed by atoms with Gasteiger partial charge >= 0.3 is 5.97 Å². The first-order valence-corrected chi connectivity index (χ1v) is 4.50. The summed E-state index contributed by atoms with van der Waals surface area (Å²) in [6, 6.07) is -0.718. The molecule has 1 atom stereocenters. The second kappa shape index (κ2) is 5.56. The highest BCUT2D eigenvalue weighted by atomic mass is 16.4. The Kier molecular flexibility index (Phi) is 5.11. The van der Waals surface area contributed by atoms with Gasteiger partial charge in [-0.05, 0) is 13.3 Å². The van der Waals surface area contributed by atoms with Gasteiger partial charge in [0.1, 0.15) is 6.04 Å². The van der Waals surface area contributed by atoms with E-state index in [9.17, 15) is 9.59 Å². The highest BCUT2D eigenvalue weighted by molar-refractivity contribution is 5.81. The summed E-state index contributed by atoms with van der Waals surface area (Å²) in [6.45, 7) is 5.46. The molecule has 0 unspecified atom stereocenters. The van der Waals surface area contributed by atoms with Crippen molar-refractivity contribution in [2.45, 2.75) is 39.7 Å². The number of hydrogen-bond donors (Lipinski definition) is 1. The van der Waals surface area contributed by atoms with Crippen LogP contribution in [-0.2, 0) is 9.59 Å². The van der Waals surface area contributed by atoms with Gasteiger partial charge in [0.15, 0.2) is 0 Å². The van der Waals surface area contributed by atoms with Crippen molar-refractivity contribution in [3.8, 4) is 0 Å². The molecule has 0 bridgehead atoms. The van der Waals surface area contributed by atoms with Gasteiger partial charge in [-0.15, -0.1) is 0 Å². The number of carbonyl (C=O) groups excluding carboxylic acids is 1. The highest BCUT2D eigenvalue weighted by Crippen LogP contribution is 2.02. The van der Waals surface area contributed by atoms with Gasteiger partial charge in [0.2, 0.25) is 5.91 Å². The first kappa shape index (κ1) is 11.9. The van der Waals surface area contributed by atoms with E-state index in [2.05, 4.69) is 0 Å². The van der Waals surface area contributed by atoms with Gasteiger partial charge < -0.3 is 10.0 Å². The summed E-state index contributed by atoms with van der Waals surface area (Å²) in [6.07, 6.45) is 1.80. The molecule has 0 aliphatic rings. The van der Waals surface area contributed by atoms with Crippen LogP contribution in [0.15, 0.2) is 0 Å². The van der Waals surface area contributed by atoms with Gasteiger partial charge in [0.05, 0.1) is 0 Å². The molecule has 0 radical (unpaired) electrons. The zero-order valence-electron chi connectivity index (χ0n) is 8.41. The number of nitrogens with zero attached hydrogens (tertiary/aromatic N) is 1. The van der Waals surface area contributed by atoms with Crippen molar-refractivity contribution in [2.75, 3.05) is 6.54 Å². The van der Waals surface area contributed by atoms with Crippen LogP contribution in [0.4, 0.5) is 0 Å². The molecule has 0 saturated carbocycles. The predicted molar refractivity (Wildman–Crippen MR) is 49.4 cm³/mol. The summed E-state index contributed by atoms with van der Waals surface area (Å²) < 4.78 is 0. The van der Waals surface area contributed by atoms with E-state index in [0.717, 1.165) is 12.8 Å². The maximum Gasteiger partial charge on any atom is 0.326 e. The Morgan fingerprint density at radius 2 is 2.00 bits per heavy atom. The van der Waals surface area contributed by atoms with Crippen LogP contribution in [0, 0.1) is 0 Å². The third-order valence-corrected chi connectivity index (χ3v) is 1.98. The Morgan fingerprint density at radius 3 is 2.31 bits per heavy atom. The van der Waals surface area contributed by atoms with Crippen LogP contribution in [0.2, 0.25) is 0 Å². The average Bonchev–Trinajstić information content (AvgIpc) is 2.04. The van der Waals surface area contributed by atoms with Gasteiger partial charge in [0, 0.05) is 13.5 Å². The van der Waals surface area contributed by atoms with Crippen LogP contribution in [-0.4, -0.2) is 34.5 Å². The van der Waals surface area contributed by atoms with Crippen molar-refractivity contribution in [3.63, 3.8) is 0 Å². The van der Waals surface area contributed by atoms with Crippen molar-refractivity contribution >= 4 is 11.9 Å². The largest absolute Gasteiger partial charge is 0.480 e. The molecule has 1 N–H and O–H groups in total. The first-order valence-electron chi connectivity index (χ1n) is 4.50. The lowest BCUT2D eigenvalue weighted by molar-refractivity contribution is -0.148. The molecule has 4 nitrogen and oxygen atoms in total. The monoisotopic (exact) mass is 187 g/mol. The van der Waals surface area contributed by atoms with E-state index < -0.39 is 12.0 Å². The molecule has 13 heavy (non-hydrogen) atoms. The Labute approximate surface area is 78.5 Å². The predicted octanol–water partition coefficient (Wildman–Crippen LogP) is 1.11. The van der Waals surface area contributed by atoms with E-state index in [0.29, 0.717) is 6.54 Å². The van der Waals surface area contributed by atoms with Gasteiger partial charge in [0.25, 0.3) is 0 Å². The number of rotatable bonds is 5. The Bertz CT molecular complexity index is 191. The molecule has 0 aromatic rings. The zero-order valence-corrected chi connectivity index (χ0v) is 8.41. The number of hydrogen-bond acceptors (Lipinski definition) is 2. The summed E-state index contributed by atoms with van der Waals surface area (Å²) >= 11 is 0. The van der Waals surface area contributed by atoms with E-state index in [1.54, 1.807) is 0 Å². The summed E-state index contributed by atoms with van der Waals surface area (Å²) in [5.74, 6) is -1.13. The van der Waals surface area contributed by atoms with E-state index in [1.807, 2.05) is 6.92 Å². The Balaban J connectivity index is 4.24. The zero-order chi connectivity index (χ0) is 10.4. The maximum atomic E-state index is 11.1. The van der Waals surface area contributed by atoms with Crippen LogP contribution in [0.3, 0.4) is 0 Å². The number of carbonyl (C=O) groups is 2. The smallest absolute Gasteiger partial charge is 0.326 e. The van der Waals surface area contributed by atoms with Gasteiger partial charge in [-0.2, -0.15) is 0 Å². The quantitative estimate of drug-likeness (QED) is 0.701. The summed E-state index contributed by atoms with van der Waals surface area (Å²) in [5.41, 5.74) is 0. The second-order valence-electron chi connectivity index (χ2n) is 3.08. The SMILES string of the molecule is CCCCN(C(C)=O)[C@@H](C)C(=O)O. The van der Waals surface area contributed by atoms with Crippen LogP contribution in [0.1, 0.15) is 33.6 Å². The summed E-state index contributed by atoms with van der Waals surface area (Å²) in [5, 5.41) is 8.71. The topological polar surface area (TPSA) is 57.6 Å². The van der Waals surface area contributed by atoms with Gasteiger partial charge in [-0.25, -0.2) is 4.79 Å². The van der Waals surface area contributed by atoms with Crippen LogP contribution in [0.5, 0.6) is 0 Å². The van der Waals surface area contributed by atoms with Gasteiger partial charge in [-0.1, -0.05) is 13.3 Å². The normalized spacial score (nSPS) is 12.2. The lowest BCUT2D eigenvalue weighted by atomic mass is 10.2. The average molecular weight is 187 g/mol. The fourth-order valence-electron chi connectivity index (χ4n) is 1.09. The van der Waals surface area contributed by atoms with E-state index in [-0.39, 0.29) is 5.91 Å². The minimum Gasteiger partial charge on any atom is -0.480 e. The van der Waals surface area contributed by atoms with Crippen molar-refractivity contribution in [1.82, 2.24) is 4.90 Å². The lowest BCUT2D eigenvalue weighted by Crippen LogP contribution is -2.42. The molecule has 0 saturated heterocycles. The Hall–Kier alpha value is -1.06.